The lowest BCUT2D eigenvalue weighted by molar-refractivity contribution is -0.131. The van der Waals surface area contributed by atoms with Crippen LogP contribution in [-0.4, -0.2) is 37.3 Å². The lowest BCUT2D eigenvalue weighted by Gasteiger charge is -2.28. The first-order valence-corrected chi connectivity index (χ1v) is 8.51. The number of amides is 1. The fourth-order valence-corrected chi connectivity index (χ4v) is 3.13. The van der Waals surface area contributed by atoms with E-state index in [1.165, 1.54) is 30.7 Å². The van der Waals surface area contributed by atoms with Gasteiger partial charge in [0.1, 0.15) is 11.5 Å². The summed E-state index contributed by atoms with van der Waals surface area (Å²) in [6.45, 7) is 0.664. The van der Waals surface area contributed by atoms with Gasteiger partial charge in [-0.2, -0.15) is 0 Å². The van der Waals surface area contributed by atoms with Crippen molar-refractivity contribution >= 4 is 5.91 Å². The van der Waals surface area contributed by atoms with E-state index in [9.17, 15) is 14.0 Å². The first-order chi connectivity index (χ1) is 13.1. The molecular weight excluding hydrogens is 349 g/mol. The van der Waals surface area contributed by atoms with Crippen LogP contribution < -0.4 is 5.56 Å². The summed E-state index contributed by atoms with van der Waals surface area (Å²) in [4.78, 5) is 41.9. The van der Waals surface area contributed by atoms with Crippen molar-refractivity contribution in [3.05, 3.63) is 75.8 Å². The van der Waals surface area contributed by atoms with Gasteiger partial charge in [0.15, 0.2) is 5.82 Å². The Morgan fingerprint density at radius 1 is 1.30 bits per heavy atom. The van der Waals surface area contributed by atoms with Gasteiger partial charge >= 0.3 is 0 Å². The second kappa shape index (κ2) is 7.06. The minimum atomic E-state index is -0.369. The van der Waals surface area contributed by atoms with Crippen molar-refractivity contribution < 1.29 is 9.18 Å². The lowest BCUT2D eigenvalue weighted by atomic mass is 10.0. The number of aromatic nitrogens is 4. The van der Waals surface area contributed by atoms with Crippen molar-refractivity contribution in [1.82, 2.24) is 24.8 Å². The SMILES string of the molecule is O=C(Cc1cccc(F)c1)N1CCc2c(nc(-c3cnccn3)[nH]c2=O)C1. The zero-order valence-corrected chi connectivity index (χ0v) is 14.4. The third-order valence-electron chi connectivity index (χ3n) is 4.48. The molecule has 0 radical (unpaired) electrons. The number of carbonyl (C=O) groups is 1. The van der Waals surface area contributed by atoms with Crippen LogP contribution in [0.2, 0.25) is 0 Å². The zero-order valence-electron chi connectivity index (χ0n) is 14.4. The molecule has 0 atom stereocenters. The molecule has 0 bridgehead atoms. The van der Waals surface area contributed by atoms with E-state index in [1.54, 1.807) is 17.0 Å². The quantitative estimate of drug-likeness (QED) is 0.759. The molecule has 0 aliphatic carbocycles. The number of benzene rings is 1. The van der Waals surface area contributed by atoms with Crippen molar-refractivity contribution in [3.8, 4) is 11.5 Å². The Labute approximate surface area is 153 Å². The molecule has 0 saturated heterocycles. The number of rotatable bonds is 3. The van der Waals surface area contributed by atoms with Gasteiger partial charge in [-0.15, -0.1) is 0 Å². The van der Waals surface area contributed by atoms with Crippen LogP contribution in [0, 0.1) is 5.82 Å². The minimum Gasteiger partial charge on any atom is -0.336 e. The molecule has 27 heavy (non-hydrogen) atoms. The number of carbonyl (C=O) groups excluding carboxylic acids is 1. The van der Waals surface area contributed by atoms with Crippen molar-refractivity contribution in [2.45, 2.75) is 19.4 Å². The molecule has 8 heteroatoms. The second-order valence-electron chi connectivity index (χ2n) is 6.30. The number of hydrogen-bond donors (Lipinski definition) is 1. The van der Waals surface area contributed by atoms with E-state index in [0.29, 0.717) is 41.3 Å². The van der Waals surface area contributed by atoms with E-state index in [-0.39, 0.29) is 30.2 Å². The van der Waals surface area contributed by atoms with Gasteiger partial charge in [0, 0.05) is 24.5 Å². The molecule has 1 N–H and O–H groups in total. The first kappa shape index (κ1) is 17.0. The Bertz CT molecular complexity index is 1050. The van der Waals surface area contributed by atoms with Gasteiger partial charge in [0.25, 0.3) is 5.56 Å². The normalized spacial score (nSPS) is 13.3. The number of nitrogens with one attached hydrogen (secondary N) is 1. The predicted molar refractivity (Wildman–Crippen MR) is 95.1 cm³/mol. The van der Waals surface area contributed by atoms with E-state index in [2.05, 4.69) is 19.9 Å². The Morgan fingerprint density at radius 2 is 2.19 bits per heavy atom. The van der Waals surface area contributed by atoms with Gasteiger partial charge in [0.2, 0.25) is 5.91 Å². The highest BCUT2D eigenvalue weighted by Gasteiger charge is 2.25. The third kappa shape index (κ3) is 3.59. The summed E-state index contributed by atoms with van der Waals surface area (Å²) >= 11 is 0. The van der Waals surface area contributed by atoms with E-state index < -0.39 is 0 Å². The maximum absolute atomic E-state index is 13.3. The summed E-state index contributed by atoms with van der Waals surface area (Å²) < 4.78 is 13.3. The molecular formula is C19H16FN5O2. The molecule has 136 valence electrons. The van der Waals surface area contributed by atoms with Crippen LogP contribution >= 0.6 is 0 Å². The Morgan fingerprint density at radius 3 is 2.96 bits per heavy atom. The first-order valence-electron chi connectivity index (χ1n) is 8.51. The molecule has 3 aromatic rings. The van der Waals surface area contributed by atoms with Gasteiger partial charge in [-0.1, -0.05) is 12.1 Å². The van der Waals surface area contributed by atoms with Crippen molar-refractivity contribution in [2.24, 2.45) is 0 Å². The predicted octanol–water partition coefficient (Wildman–Crippen LogP) is 1.49. The van der Waals surface area contributed by atoms with Gasteiger partial charge in [-0.25, -0.2) is 14.4 Å². The lowest BCUT2D eigenvalue weighted by Crippen LogP contribution is -2.40. The Hall–Kier alpha value is -3.42. The molecule has 7 nitrogen and oxygen atoms in total. The van der Waals surface area contributed by atoms with E-state index in [0.717, 1.165) is 0 Å². The summed E-state index contributed by atoms with van der Waals surface area (Å²) in [5.41, 5.74) is 1.99. The molecule has 2 aromatic heterocycles. The van der Waals surface area contributed by atoms with Gasteiger partial charge in [0.05, 0.1) is 24.9 Å². The molecule has 0 unspecified atom stereocenters. The van der Waals surface area contributed by atoms with E-state index in [4.69, 9.17) is 0 Å². The third-order valence-corrected chi connectivity index (χ3v) is 4.48. The summed E-state index contributed by atoms with van der Waals surface area (Å²) in [6, 6.07) is 5.99. The Kier molecular flexibility index (Phi) is 4.45. The van der Waals surface area contributed by atoms with Crippen LogP contribution in [0.15, 0.2) is 47.7 Å². The van der Waals surface area contributed by atoms with E-state index >= 15 is 0 Å². The summed E-state index contributed by atoms with van der Waals surface area (Å²) in [7, 11) is 0. The second-order valence-corrected chi connectivity index (χ2v) is 6.30. The molecule has 1 aromatic carbocycles. The van der Waals surface area contributed by atoms with Crippen LogP contribution in [0.4, 0.5) is 4.39 Å². The van der Waals surface area contributed by atoms with Crippen LogP contribution in [0.1, 0.15) is 16.8 Å². The van der Waals surface area contributed by atoms with E-state index in [1.807, 2.05) is 0 Å². The molecule has 0 saturated carbocycles. The smallest absolute Gasteiger partial charge is 0.254 e. The monoisotopic (exact) mass is 365 g/mol. The number of H-pyrrole nitrogens is 1. The molecule has 0 fully saturated rings. The largest absolute Gasteiger partial charge is 0.336 e. The van der Waals surface area contributed by atoms with Gasteiger partial charge in [-0.05, 0) is 24.1 Å². The molecule has 1 amide bonds. The topological polar surface area (TPSA) is 91.8 Å². The number of nitrogens with zero attached hydrogens (tertiary/aromatic N) is 4. The van der Waals surface area contributed by atoms with Crippen LogP contribution in [0.5, 0.6) is 0 Å². The van der Waals surface area contributed by atoms with Crippen molar-refractivity contribution in [1.29, 1.82) is 0 Å². The minimum absolute atomic E-state index is 0.104. The average Bonchev–Trinajstić information content (AvgIpc) is 2.68. The maximum atomic E-state index is 13.3. The molecule has 1 aliphatic rings. The maximum Gasteiger partial charge on any atom is 0.254 e. The fraction of sp³-hybridized carbons (Fsp3) is 0.211. The average molecular weight is 365 g/mol. The fourth-order valence-electron chi connectivity index (χ4n) is 3.13. The number of halogens is 1. The molecule has 4 rings (SSSR count). The highest BCUT2D eigenvalue weighted by Crippen LogP contribution is 2.18. The van der Waals surface area contributed by atoms with Crippen molar-refractivity contribution in [2.75, 3.05) is 6.54 Å². The van der Waals surface area contributed by atoms with Gasteiger partial charge < -0.3 is 9.88 Å². The number of aromatic amines is 1. The highest BCUT2D eigenvalue weighted by atomic mass is 19.1. The van der Waals surface area contributed by atoms with Crippen LogP contribution in [0.25, 0.3) is 11.5 Å². The van der Waals surface area contributed by atoms with Crippen LogP contribution in [-0.2, 0) is 24.2 Å². The summed E-state index contributed by atoms with van der Waals surface area (Å²) in [5.74, 6) is -0.174. The molecule has 1 aliphatic heterocycles. The Balaban J connectivity index is 1.57. The highest BCUT2D eigenvalue weighted by molar-refractivity contribution is 5.79. The summed E-state index contributed by atoms with van der Waals surface area (Å²) in [5, 5.41) is 0. The van der Waals surface area contributed by atoms with Crippen molar-refractivity contribution in [3.63, 3.8) is 0 Å². The number of fused-ring (bicyclic) bond motifs is 1. The molecule has 0 spiro atoms. The molecule has 3 heterocycles. The summed E-state index contributed by atoms with van der Waals surface area (Å²) in [6.07, 6.45) is 5.09. The zero-order chi connectivity index (χ0) is 18.8. The standard InChI is InChI=1S/C19H16FN5O2/c20-13-3-1-2-12(8-13)9-17(26)25-7-4-14-16(11-25)23-18(24-19(14)27)15-10-21-5-6-22-15/h1-3,5-6,8,10H,4,7,9,11H2,(H,23,24,27). The van der Waals surface area contributed by atoms with Gasteiger partial charge in [-0.3, -0.25) is 14.6 Å². The van der Waals surface area contributed by atoms with Crippen LogP contribution in [0.3, 0.4) is 0 Å². The number of hydrogen-bond acceptors (Lipinski definition) is 5.